The number of nitrogens with one attached hydrogen (secondary N) is 2. The van der Waals surface area contributed by atoms with Crippen LogP contribution in [-0.4, -0.2) is 20.5 Å². The van der Waals surface area contributed by atoms with Crippen LogP contribution in [0.25, 0.3) is 0 Å². The molecule has 0 aliphatic heterocycles. The van der Waals surface area contributed by atoms with Gasteiger partial charge in [-0.3, -0.25) is 0 Å². The molecule has 4 N–H and O–H groups in total. The summed E-state index contributed by atoms with van der Waals surface area (Å²) >= 11 is 0. The van der Waals surface area contributed by atoms with Crippen LogP contribution in [0.4, 0.5) is 4.79 Å². The fraction of sp³-hybridized carbons (Fsp3) is 0.267. The second kappa shape index (κ2) is 7.30. The monoisotopic (exact) mass is 337 g/mol. The van der Waals surface area contributed by atoms with E-state index < -0.39 is 10.0 Å². The second-order valence-corrected chi connectivity index (χ2v) is 6.76. The molecule has 1 atom stereocenters. The maximum atomic E-state index is 11.8. The van der Waals surface area contributed by atoms with Crippen LogP contribution >= 0.6 is 0 Å². The van der Waals surface area contributed by atoms with Gasteiger partial charge in [0.2, 0.25) is 10.0 Å². The van der Waals surface area contributed by atoms with Crippen molar-refractivity contribution in [3.8, 4) is 0 Å². The third-order valence-electron chi connectivity index (χ3n) is 3.17. The molecule has 7 nitrogen and oxygen atoms in total. The van der Waals surface area contributed by atoms with E-state index in [2.05, 4.69) is 10.6 Å². The number of nitrogens with two attached hydrogens (primary N) is 1. The number of rotatable bonds is 6. The van der Waals surface area contributed by atoms with Crippen LogP contribution in [0.3, 0.4) is 0 Å². The SMILES string of the molecule is C[C@H](Cc1ccco1)NC(=O)NCc1ccc(S(N)(=O)=O)cc1. The third kappa shape index (κ3) is 5.42. The predicted octanol–water partition coefficient (Wildman–Crippen LogP) is 1.36. The lowest BCUT2D eigenvalue weighted by atomic mass is 10.2. The number of carbonyl (C=O) groups excluding carboxylic acids is 1. The van der Waals surface area contributed by atoms with Crippen molar-refractivity contribution in [2.45, 2.75) is 30.8 Å². The van der Waals surface area contributed by atoms with E-state index in [-0.39, 0.29) is 23.5 Å². The van der Waals surface area contributed by atoms with Crippen LogP contribution in [-0.2, 0) is 23.0 Å². The van der Waals surface area contributed by atoms with Crippen molar-refractivity contribution < 1.29 is 17.6 Å². The highest BCUT2D eigenvalue weighted by atomic mass is 32.2. The summed E-state index contributed by atoms with van der Waals surface area (Å²) in [4.78, 5) is 11.9. The molecule has 124 valence electrons. The summed E-state index contributed by atoms with van der Waals surface area (Å²) in [6.07, 6.45) is 2.19. The number of amides is 2. The van der Waals surface area contributed by atoms with Gasteiger partial charge in [0.25, 0.3) is 0 Å². The number of primary sulfonamides is 1. The lowest BCUT2D eigenvalue weighted by molar-refractivity contribution is 0.237. The molecule has 0 radical (unpaired) electrons. The molecule has 0 bridgehead atoms. The minimum Gasteiger partial charge on any atom is -0.469 e. The van der Waals surface area contributed by atoms with Crippen molar-refractivity contribution in [3.05, 3.63) is 54.0 Å². The van der Waals surface area contributed by atoms with Gasteiger partial charge in [0.05, 0.1) is 11.2 Å². The van der Waals surface area contributed by atoms with E-state index in [0.29, 0.717) is 6.42 Å². The topological polar surface area (TPSA) is 114 Å². The maximum absolute atomic E-state index is 11.8. The zero-order valence-corrected chi connectivity index (χ0v) is 13.5. The van der Waals surface area contributed by atoms with E-state index in [0.717, 1.165) is 11.3 Å². The Kier molecular flexibility index (Phi) is 5.41. The number of hydrogen-bond acceptors (Lipinski definition) is 4. The maximum Gasteiger partial charge on any atom is 0.315 e. The van der Waals surface area contributed by atoms with E-state index in [4.69, 9.17) is 9.56 Å². The number of hydrogen-bond donors (Lipinski definition) is 3. The molecular weight excluding hydrogens is 318 g/mol. The van der Waals surface area contributed by atoms with Gasteiger partial charge in [0, 0.05) is 19.0 Å². The summed E-state index contributed by atoms with van der Waals surface area (Å²) in [5.74, 6) is 0.802. The van der Waals surface area contributed by atoms with Gasteiger partial charge >= 0.3 is 6.03 Å². The molecule has 0 unspecified atom stereocenters. The Balaban J connectivity index is 1.80. The largest absolute Gasteiger partial charge is 0.469 e. The van der Waals surface area contributed by atoms with Gasteiger partial charge in [0.15, 0.2) is 0 Å². The highest BCUT2D eigenvalue weighted by Gasteiger charge is 2.10. The summed E-state index contributed by atoms with van der Waals surface area (Å²) in [7, 11) is -3.70. The molecule has 0 saturated carbocycles. The first-order chi connectivity index (χ1) is 10.8. The molecule has 1 heterocycles. The molecule has 0 fully saturated rings. The van der Waals surface area contributed by atoms with Gasteiger partial charge in [-0.15, -0.1) is 0 Å². The first-order valence-corrected chi connectivity index (χ1v) is 8.58. The average Bonchev–Trinajstić information content (AvgIpc) is 2.97. The van der Waals surface area contributed by atoms with E-state index in [9.17, 15) is 13.2 Å². The van der Waals surface area contributed by atoms with Gasteiger partial charge in [0.1, 0.15) is 5.76 Å². The number of benzene rings is 1. The minimum atomic E-state index is -3.70. The molecule has 23 heavy (non-hydrogen) atoms. The van der Waals surface area contributed by atoms with Gasteiger partial charge < -0.3 is 15.1 Å². The van der Waals surface area contributed by atoms with Crippen molar-refractivity contribution in [1.29, 1.82) is 0 Å². The Bertz CT molecular complexity index is 740. The molecule has 0 spiro atoms. The number of furan rings is 1. The number of carbonyl (C=O) groups is 1. The first-order valence-electron chi connectivity index (χ1n) is 7.03. The number of sulfonamides is 1. The van der Waals surface area contributed by atoms with E-state index in [1.54, 1.807) is 24.5 Å². The summed E-state index contributed by atoms with van der Waals surface area (Å²) < 4.78 is 27.5. The zero-order chi connectivity index (χ0) is 16.9. The van der Waals surface area contributed by atoms with Crippen LogP contribution in [0.5, 0.6) is 0 Å². The van der Waals surface area contributed by atoms with Crippen LogP contribution in [0, 0.1) is 0 Å². The lowest BCUT2D eigenvalue weighted by Crippen LogP contribution is -2.41. The molecule has 2 rings (SSSR count). The minimum absolute atomic E-state index is 0.0396. The Morgan fingerprint density at radius 2 is 1.96 bits per heavy atom. The first kappa shape index (κ1) is 17.0. The van der Waals surface area contributed by atoms with Gasteiger partial charge in [-0.05, 0) is 36.8 Å². The normalized spacial score (nSPS) is 12.6. The lowest BCUT2D eigenvalue weighted by Gasteiger charge is -2.13. The van der Waals surface area contributed by atoms with Crippen molar-refractivity contribution in [1.82, 2.24) is 10.6 Å². The fourth-order valence-corrected chi connectivity index (χ4v) is 2.55. The molecule has 0 aliphatic rings. The standard InChI is InChI=1S/C15H19N3O4S/c1-11(9-13-3-2-8-22-13)18-15(19)17-10-12-4-6-14(7-5-12)23(16,20)21/h2-8,11H,9-10H2,1H3,(H2,16,20,21)(H2,17,18,19)/t11-/m1/s1. The predicted molar refractivity (Wildman–Crippen MR) is 85.1 cm³/mol. The molecule has 0 saturated heterocycles. The Morgan fingerprint density at radius 1 is 1.26 bits per heavy atom. The molecule has 8 heteroatoms. The van der Waals surface area contributed by atoms with Crippen LogP contribution in [0.15, 0.2) is 52.0 Å². The molecule has 2 aromatic rings. The van der Waals surface area contributed by atoms with Gasteiger partial charge in [-0.1, -0.05) is 12.1 Å². The van der Waals surface area contributed by atoms with Crippen LogP contribution in [0.1, 0.15) is 18.2 Å². The van der Waals surface area contributed by atoms with Gasteiger partial charge in [-0.25, -0.2) is 18.4 Å². The molecule has 0 aliphatic carbocycles. The van der Waals surface area contributed by atoms with Crippen molar-refractivity contribution in [3.63, 3.8) is 0 Å². The Labute approximate surface area is 134 Å². The van der Waals surface area contributed by atoms with Crippen molar-refractivity contribution >= 4 is 16.1 Å². The van der Waals surface area contributed by atoms with Crippen molar-refractivity contribution in [2.24, 2.45) is 5.14 Å². The van der Waals surface area contributed by atoms with Crippen LogP contribution < -0.4 is 15.8 Å². The fourth-order valence-electron chi connectivity index (χ4n) is 2.04. The summed E-state index contributed by atoms with van der Waals surface area (Å²) in [6, 6.07) is 9.29. The summed E-state index contributed by atoms with van der Waals surface area (Å²) in [5, 5.41) is 10.5. The van der Waals surface area contributed by atoms with E-state index in [1.807, 2.05) is 13.0 Å². The zero-order valence-electron chi connectivity index (χ0n) is 12.7. The van der Waals surface area contributed by atoms with Crippen LogP contribution in [0.2, 0.25) is 0 Å². The van der Waals surface area contributed by atoms with E-state index >= 15 is 0 Å². The van der Waals surface area contributed by atoms with Crippen molar-refractivity contribution in [2.75, 3.05) is 0 Å². The average molecular weight is 337 g/mol. The molecular formula is C15H19N3O4S. The van der Waals surface area contributed by atoms with Gasteiger partial charge in [-0.2, -0.15) is 0 Å². The summed E-state index contributed by atoms with van der Waals surface area (Å²) in [6.45, 7) is 2.16. The second-order valence-electron chi connectivity index (χ2n) is 5.20. The number of urea groups is 1. The molecule has 2 amide bonds. The quantitative estimate of drug-likeness (QED) is 0.738. The Hall–Kier alpha value is -2.32. The molecule has 1 aromatic carbocycles. The molecule has 1 aromatic heterocycles. The van der Waals surface area contributed by atoms with E-state index in [1.165, 1.54) is 12.1 Å². The highest BCUT2D eigenvalue weighted by Crippen LogP contribution is 2.08. The smallest absolute Gasteiger partial charge is 0.315 e. The Morgan fingerprint density at radius 3 is 2.52 bits per heavy atom. The summed E-state index contributed by atoms with van der Waals surface area (Å²) in [5.41, 5.74) is 0.770. The highest BCUT2D eigenvalue weighted by molar-refractivity contribution is 7.89. The third-order valence-corrected chi connectivity index (χ3v) is 4.10.